The molecule has 3 heterocycles. The Bertz CT molecular complexity index is 2090. The van der Waals surface area contributed by atoms with Crippen LogP contribution in [0.2, 0.25) is 0 Å². The van der Waals surface area contributed by atoms with Crippen molar-refractivity contribution in [3.63, 3.8) is 0 Å². The molecule has 0 aliphatic carbocycles. The molecular weight excluding hydrogens is 753 g/mol. The summed E-state index contributed by atoms with van der Waals surface area (Å²) in [5.74, 6) is -1.25. The van der Waals surface area contributed by atoms with Gasteiger partial charge in [-0.1, -0.05) is 54.6 Å². The Balaban J connectivity index is 1.28. The van der Waals surface area contributed by atoms with Gasteiger partial charge in [-0.05, 0) is 99.5 Å². The summed E-state index contributed by atoms with van der Waals surface area (Å²) in [5.41, 5.74) is 2.69. The van der Waals surface area contributed by atoms with E-state index in [0.29, 0.717) is 92.3 Å². The van der Waals surface area contributed by atoms with Gasteiger partial charge >= 0.3 is 5.97 Å². The highest BCUT2D eigenvalue weighted by Crippen LogP contribution is 2.48. The molecule has 2 amide bonds. The topological polar surface area (TPSA) is 180 Å². The van der Waals surface area contributed by atoms with Crippen molar-refractivity contribution in [3.05, 3.63) is 107 Å². The summed E-state index contributed by atoms with van der Waals surface area (Å²) >= 11 is 0. The lowest BCUT2D eigenvalue weighted by atomic mass is 9.82. The van der Waals surface area contributed by atoms with Gasteiger partial charge in [-0.2, -0.15) is 0 Å². The maximum Gasteiger partial charge on any atom is 0.305 e. The Labute approximate surface area is 345 Å². The van der Waals surface area contributed by atoms with Gasteiger partial charge in [0.05, 0.1) is 49.4 Å². The van der Waals surface area contributed by atoms with Gasteiger partial charge < -0.3 is 35.0 Å². The van der Waals surface area contributed by atoms with Crippen LogP contribution in [0.25, 0.3) is 0 Å². The van der Waals surface area contributed by atoms with Crippen LogP contribution in [0.1, 0.15) is 80.7 Å². The van der Waals surface area contributed by atoms with Gasteiger partial charge in [0.1, 0.15) is 5.75 Å². The molecule has 1 aromatic heterocycles. The number of methoxy groups -OCH3 is 1. The number of nitrogens with one attached hydrogen (secondary N) is 1. The highest BCUT2D eigenvalue weighted by Gasteiger charge is 2.53. The molecule has 6 rings (SSSR count). The van der Waals surface area contributed by atoms with E-state index in [2.05, 4.69) is 15.6 Å². The molecule has 2 aliphatic rings. The van der Waals surface area contributed by atoms with Gasteiger partial charge in [-0.15, -0.1) is 5.10 Å². The molecule has 59 heavy (non-hydrogen) atoms. The van der Waals surface area contributed by atoms with Gasteiger partial charge in [-0.3, -0.25) is 24.0 Å². The number of carbonyl (C=O) groups is 3. The number of allylic oxidation sites excluding steroid dienone is 1. The lowest BCUT2D eigenvalue weighted by Crippen LogP contribution is -2.49. The fourth-order valence-electron chi connectivity index (χ4n) is 7.94. The number of aliphatic hydroxyl groups excluding tert-OH is 2. The zero-order chi connectivity index (χ0) is 41.9. The second-order valence-electron chi connectivity index (χ2n) is 15.1. The van der Waals surface area contributed by atoms with E-state index in [1.54, 1.807) is 39.6 Å². The number of aromatic nitrogens is 3. The molecule has 0 saturated carbocycles. The van der Waals surface area contributed by atoms with E-state index in [1.165, 1.54) is 7.11 Å². The van der Waals surface area contributed by atoms with E-state index in [9.17, 15) is 29.7 Å². The van der Waals surface area contributed by atoms with Crippen molar-refractivity contribution in [3.8, 4) is 5.75 Å². The number of hydrogen-bond acceptors (Lipinski definition) is 11. The van der Waals surface area contributed by atoms with E-state index in [4.69, 9.17) is 9.47 Å². The van der Waals surface area contributed by atoms with Crippen molar-refractivity contribution in [1.82, 2.24) is 20.3 Å². The predicted octanol–water partition coefficient (Wildman–Crippen LogP) is 4.91. The maximum absolute atomic E-state index is 14.4. The smallest absolute Gasteiger partial charge is 0.305 e. The molecule has 0 spiro atoms. The molecular formula is C45H56N6O8. The van der Waals surface area contributed by atoms with Crippen LogP contribution in [-0.4, -0.2) is 94.2 Å². The van der Waals surface area contributed by atoms with E-state index >= 15 is 0 Å². The average molecular weight is 809 g/mol. The summed E-state index contributed by atoms with van der Waals surface area (Å²) in [6.45, 7) is 5.49. The summed E-state index contributed by atoms with van der Waals surface area (Å²) in [6, 6.07) is 20.1. The monoisotopic (exact) mass is 808 g/mol. The van der Waals surface area contributed by atoms with Crippen LogP contribution >= 0.6 is 0 Å². The molecule has 4 aromatic rings. The Hall–Kier alpha value is -5.41. The number of hydrogen-bond donors (Lipinski definition) is 4. The van der Waals surface area contributed by atoms with Crippen molar-refractivity contribution in [1.29, 1.82) is 0 Å². The minimum absolute atomic E-state index is 0.0727. The van der Waals surface area contributed by atoms with Gasteiger partial charge in [0.2, 0.25) is 5.91 Å². The average Bonchev–Trinajstić information content (AvgIpc) is 3.80. The van der Waals surface area contributed by atoms with Crippen molar-refractivity contribution in [2.24, 2.45) is 5.92 Å². The van der Waals surface area contributed by atoms with Crippen molar-refractivity contribution in [2.45, 2.75) is 82.9 Å². The number of anilines is 3. The lowest BCUT2D eigenvalue weighted by molar-refractivity contribution is -0.140. The largest absolute Gasteiger partial charge is 0.494 e. The first-order valence-corrected chi connectivity index (χ1v) is 20.6. The molecule has 14 heteroatoms. The molecule has 0 saturated heterocycles. The van der Waals surface area contributed by atoms with Crippen molar-refractivity contribution >= 4 is 34.8 Å². The second kappa shape index (κ2) is 20.0. The van der Waals surface area contributed by atoms with Crippen LogP contribution < -0.4 is 19.9 Å². The Morgan fingerprint density at radius 2 is 1.81 bits per heavy atom. The number of aryl methyl sites for hydroxylation is 1. The standard InChI is InChI=1S/C45H56N6O8/c1-4-59-35-19-21-40-33(26-35)27-38(46-22-10-13-25-52)43(55)51(40)34-18-20-41-37(28-34)45(57,44(56)50(41)24-12-9-17-42(54)58-3)31(2)14-8-11-23-49-29-39(47-48-49)36(30-53)32-15-6-5-7-16-32/h5-8,14-16,18-21,26,28-29,31,36,38,46,52-53,57H,4,9-13,17,22-25,27,30H2,1-3H3/b14-8+/t31-,36?,38?,45+/m1/s1. The third kappa shape index (κ3) is 9.57. The van der Waals surface area contributed by atoms with E-state index in [-0.39, 0.29) is 44.0 Å². The zero-order valence-electron chi connectivity index (χ0n) is 34.1. The lowest BCUT2D eigenvalue weighted by Gasteiger charge is -2.35. The molecule has 4 atom stereocenters. The van der Waals surface area contributed by atoms with Gasteiger partial charge in [0.25, 0.3) is 5.91 Å². The second-order valence-corrected chi connectivity index (χ2v) is 15.1. The van der Waals surface area contributed by atoms with E-state index < -0.39 is 23.5 Å². The number of aliphatic hydroxyl groups is 3. The summed E-state index contributed by atoms with van der Waals surface area (Å²) in [7, 11) is 1.34. The third-order valence-corrected chi connectivity index (χ3v) is 11.2. The normalized spacial score (nSPS) is 18.6. The zero-order valence-corrected chi connectivity index (χ0v) is 34.1. The van der Waals surface area contributed by atoms with Gasteiger partial charge in [0.15, 0.2) is 5.60 Å². The number of rotatable bonds is 21. The highest BCUT2D eigenvalue weighted by atomic mass is 16.5. The van der Waals surface area contributed by atoms with Gasteiger partial charge in [-0.25, -0.2) is 0 Å². The molecule has 0 radical (unpaired) electrons. The molecule has 0 bridgehead atoms. The van der Waals surface area contributed by atoms with Crippen molar-refractivity contribution in [2.75, 3.05) is 49.8 Å². The van der Waals surface area contributed by atoms with Crippen LogP contribution in [0.5, 0.6) is 5.75 Å². The summed E-state index contributed by atoms with van der Waals surface area (Å²) in [6.07, 6.45) is 9.09. The number of ether oxygens (including phenoxy) is 2. The minimum Gasteiger partial charge on any atom is -0.494 e. The van der Waals surface area contributed by atoms with Gasteiger partial charge in [0, 0.05) is 49.5 Å². The molecule has 14 nitrogen and oxygen atoms in total. The molecule has 3 aromatic carbocycles. The summed E-state index contributed by atoms with van der Waals surface area (Å²) in [5, 5.41) is 44.0. The minimum atomic E-state index is -1.96. The first kappa shape index (κ1) is 43.2. The fraction of sp³-hybridized carbons (Fsp3) is 0.444. The number of amides is 2. The predicted molar refractivity (Wildman–Crippen MR) is 223 cm³/mol. The SMILES string of the molecule is CCOc1ccc2c(c1)CC(NCCCCO)C(=O)N2c1ccc2c(c1)[C@@](O)([C@H](C)/C=C/CCn1cc(C(CO)c3ccccc3)nn1)C(=O)N2CCCCC(=O)OC. The van der Waals surface area contributed by atoms with E-state index in [1.807, 2.05) is 73.8 Å². The summed E-state index contributed by atoms with van der Waals surface area (Å²) < 4.78 is 12.3. The third-order valence-electron chi connectivity index (χ3n) is 11.2. The number of nitrogens with zero attached hydrogens (tertiary/aromatic N) is 5. The van der Waals surface area contributed by atoms with Crippen LogP contribution in [0.4, 0.5) is 17.1 Å². The van der Waals surface area contributed by atoms with Crippen LogP contribution in [0, 0.1) is 5.92 Å². The Kier molecular flexibility index (Phi) is 14.7. The molecule has 4 N–H and O–H groups in total. The first-order chi connectivity index (χ1) is 28.6. The maximum atomic E-state index is 14.4. The molecule has 0 fully saturated rings. The number of carbonyl (C=O) groups excluding carboxylic acids is 3. The Morgan fingerprint density at radius 1 is 1.02 bits per heavy atom. The van der Waals surface area contributed by atoms with Crippen LogP contribution in [-0.2, 0) is 37.7 Å². The summed E-state index contributed by atoms with van der Waals surface area (Å²) in [4.78, 5) is 43.8. The Morgan fingerprint density at radius 3 is 2.56 bits per heavy atom. The highest BCUT2D eigenvalue weighted by molar-refractivity contribution is 6.10. The molecule has 2 aliphatic heterocycles. The van der Waals surface area contributed by atoms with Crippen molar-refractivity contribution < 1.29 is 39.2 Å². The van der Waals surface area contributed by atoms with Crippen LogP contribution in [0.15, 0.2) is 85.1 Å². The number of esters is 1. The van der Waals surface area contributed by atoms with E-state index in [0.717, 1.165) is 11.1 Å². The first-order valence-electron chi connectivity index (χ1n) is 20.6. The van der Waals surface area contributed by atoms with Crippen LogP contribution in [0.3, 0.4) is 0 Å². The number of benzene rings is 3. The number of unbranched alkanes of at least 4 members (excludes halogenated alkanes) is 2. The molecule has 2 unspecified atom stereocenters. The number of fused-ring (bicyclic) bond motifs is 2. The quantitative estimate of drug-likeness (QED) is 0.0511. The molecule has 314 valence electrons. The fourth-order valence-corrected chi connectivity index (χ4v) is 7.94.